The van der Waals surface area contributed by atoms with Gasteiger partial charge in [-0.25, -0.2) is 8.78 Å². The number of benzene rings is 1. The highest BCUT2D eigenvalue weighted by atomic mass is 35.5. The summed E-state index contributed by atoms with van der Waals surface area (Å²) < 4.78 is 26.1. The van der Waals surface area contributed by atoms with Gasteiger partial charge in [-0.15, -0.1) is 0 Å². The van der Waals surface area contributed by atoms with E-state index in [2.05, 4.69) is 0 Å². The highest BCUT2D eigenvalue weighted by Gasteiger charge is 2.52. The van der Waals surface area contributed by atoms with Crippen LogP contribution in [0.2, 0.25) is 5.02 Å². The average Bonchev–Trinajstić information content (AvgIpc) is 3.08. The van der Waals surface area contributed by atoms with E-state index in [0.29, 0.717) is 29.0 Å². The second-order valence-corrected chi connectivity index (χ2v) is 5.37. The first-order valence-corrected chi connectivity index (χ1v) is 6.29. The van der Waals surface area contributed by atoms with Crippen molar-refractivity contribution in [2.75, 3.05) is 0 Å². The van der Waals surface area contributed by atoms with E-state index in [1.807, 2.05) is 0 Å². The van der Waals surface area contributed by atoms with Gasteiger partial charge in [0.25, 0.3) is 0 Å². The highest BCUT2D eigenvalue weighted by Crippen LogP contribution is 2.53. The van der Waals surface area contributed by atoms with Crippen LogP contribution >= 0.6 is 11.6 Å². The topological polar surface area (TPSA) is 63.3 Å². The molecule has 0 spiro atoms. The third-order valence-electron chi connectivity index (χ3n) is 3.52. The summed E-state index contributed by atoms with van der Waals surface area (Å²) in [5, 5.41) is 9.02. The smallest absolute Gasteiger partial charge is 0.305 e. The van der Waals surface area contributed by atoms with Crippen LogP contribution < -0.4 is 5.73 Å². The van der Waals surface area contributed by atoms with Crippen LogP contribution in [0.15, 0.2) is 18.2 Å². The van der Waals surface area contributed by atoms with E-state index in [-0.39, 0.29) is 6.42 Å². The van der Waals surface area contributed by atoms with Gasteiger partial charge < -0.3 is 10.8 Å². The third kappa shape index (κ3) is 2.87. The van der Waals surface area contributed by atoms with Crippen molar-refractivity contribution in [3.63, 3.8) is 0 Å². The second kappa shape index (κ2) is 5.06. The monoisotopic (exact) mass is 289 g/mol. The summed E-state index contributed by atoms with van der Waals surface area (Å²) in [7, 11) is 0. The summed E-state index contributed by atoms with van der Waals surface area (Å²) in [6, 6.07) is 3.85. The molecule has 0 aliphatic heterocycles. The number of carbonyl (C=O) groups is 1. The quantitative estimate of drug-likeness (QED) is 0.875. The van der Waals surface area contributed by atoms with E-state index < -0.39 is 23.9 Å². The minimum absolute atomic E-state index is 0.262. The third-order valence-corrected chi connectivity index (χ3v) is 3.74. The van der Waals surface area contributed by atoms with Crippen LogP contribution in [0.3, 0.4) is 0 Å². The molecule has 1 aromatic rings. The first-order valence-electron chi connectivity index (χ1n) is 5.91. The van der Waals surface area contributed by atoms with Crippen LogP contribution in [0.25, 0.3) is 0 Å². The lowest BCUT2D eigenvalue weighted by Gasteiger charge is -2.18. The first kappa shape index (κ1) is 14.2. The van der Waals surface area contributed by atoms with Gasteiger partial charge in [0.2, 0.25) is 6.43 Å². The van der Waals surface area contributed by atoms with Crippen molar-refractivity contribution in [1.82, 2.24) is 0 Å². The largest absolute Gasteiger partial charge is 0.481 e. The van der Waals surface area contributed by atoms with Gasteiger partial charge in [-0.2, -0.15) is 0 Å². The fourth-order valence-electron chi connectivity index (χ4n) is 2.19. The molecule has 0 radical (unpaired) electrons. The summed E-state index contributed by atoms with van der Waals surface area (Å²) in [6.07, 6.45) is -1.88. The van der Waals surface area contributed by atoms with Crippen LogP contribution in [-0.2, 0) is 10.2 Å². The zero-order chi connectivity index (χ0) is 14.2. The Hall–Kier alpha value is -1.20. The van der Waals surface area contributed by atoms with Gasteiger partial charge in [-0.3, -0.25) is 4.79 Å². The molecule has 2 rings (SSSR count). The van der Waals surface area contributed by atoms with Crippen molar-refractivity contribution >= 4 is 17.6 Å². The average molecular weight is 290 g/mol. The maximum atomic E-state index is 13.1. The van der Waals surface area contributed by atoms with Crippen molar-refractivity contribution in [2.45, 2.75) is 37.1 Å². The summed E-state index contributed by atoms with van der Waals surface area (Å²) in [6.45, 7) is 0. The van der Waals surface area contributed by atoms with Gasteiger partial charge in [0, 0.05) is 11.1 Å². The fourth-order valence-corrected chi connectivity index (χ4v) is 2.43. The van der Waals surface area contributed by atoms with Crippen LogP contribution in [0.4, 0.5) is 8.78 Å². The molecule has 0 heterocycles. The number of rotatable bonds is 5. The number of hydrogen-bond donors (Lipinski definition) is 2. The molecule has 1 atom stereocenters. The first-order chi connectivity index (χ1) is 8.85. The van der Waals surface area contributed by atoms with Crippen molar-refractivity contribution in [3.8, 4) is 0 Å². The van der Waals surface area contributed by atoms with Crippen molar-refractivity contribution < 1.29 is 18.7 Å². The van der Waals surface area contributed by atoms with E-state index in [0.717, 1.165) is 0 Å². The molecule has 0 bridgehead atoms. The Bertz CT molecular complexity index is 503. The van der Waals surface area contributed by atoms with E-state index >= 15 is 0 Å². The van der Waals surface area contributed by atoms with Crippen LogP contribution in [0.1, 0.15) is 36.4 Å². The number of carboxylic acid groups (broad SMARTS) is 1. The maximum absolute atomic E-state index is 13.1. The Labute approximate surface area is 114 Å². The molecule has 0 aromatic heterocycles. The summed E-state index contributed by atoms with van der Waals surface area (Å²) in [5.74, 6) is -1.04. The Kier molecular flexibility index (Phi) is 3.78. The number of aliphatic carboxylic acids is 1. The standard InChI is InChI=1S/C13H14ClF2NO2/c14-9-4-7(10(17)6-11(18)19)3-8(5-9)13(1-2-13)12(15)16/h3-5,10,12H,1-2,6,17H2,(H,18,19). The van der Waals surface area contributed by atoms with E-state index in [4.69, 9.17) is 22.4 Å². The molecule has 3 N–H and O–H groups in total. The second-order valence-electron chi connectivity index (χ2n) is 4.93. The Morgan fingerprint density at radius 1 is 1.42 bits per heavy atom. The lowest BCUT2D eigenvalue weighted by Crippen LogP contribution is -2.20. The zero-order valence-electron chi connectivity index (χ0n) is 10.1. The summed E-state index contributed by atoms with van der Waals surface area (Å²) in [4.78, 5) is 10.6. The number of carboxylic acids is 1. The fraction of sp³-hybridized carbons (Fsp3) is 0.462. The minimum atomic E-state index is -2.45. The minimum Gasteiger partial charge on any atom is -0.481 e. The molecule has 1 aliphatic rings. The zero-order valence-corrected chi connectivity index (χ0v) is 10.8. The van der Waals surface area contributed by atoms with E-state index in [9.17, 15) is 13.6 Å². The number of halogens is 3. The van der Waals surface area contributed by atoms with Crippen LogP contribution in [0, 0.1) is 0 Å². The number of alkyl halides is 2. The SMILES string of the molecule is NC(CC(=O)O)c1cc(Cl)cc(C2(C(F)F)CC2)c1. The molecule has 0 saturated heterocycles. The van der Waals surface area contributed by atoms with Gasteiger partial charge in [0.15, 0.2) is 0 Å². The summed E-state index contributed by atoms with van der Waals surface area (Å²) >= 11 is 5.92. The van der Waals surface area contributed by atoms with Crippen LogP contribution in [-0.4, -0.2) is 17.5 Å². The van der Waals surface area contributed by atoms with E-state index in [1.54, 1.807) is 6.07 Å². The molecular weight excluding hydrogens is 276 g/mol. The Morgan fingerprint density at radius 2 is 2.05 bits per heavy atom. The molecule has 19 heavy (non-hydrogen) atoms. The molecule has 1 unspecified atom stereocenters. The lowest BCUT2D eigenvalue weighted by atomic mass is 9.92. The number of nitrogens with two attached hydrogens (primary N) is 1. The Morgan fingerprint density at radius 3 is 2.53 bits per heavy atom. The van der Waals surface area contributed by atoms with Crippen LogP contribution in [0.5, 0.6) is 0 Å². The van der Waals surface area contributed by atoms with Crippen molar-refractivity contribution in [3.05, 3.63) is 34.3 Å². The van der Waals surface area contributed by atoms with Gasteiger partial charge in [0.1, 0.15) is 0 Å². The molecule has 104 valence electrons. The molecule has 1 saturated carbocycles. The normalized spacial score (nSPS) is 18.4. The Balaban J connectivity index is 2.33. The highest BCUT2D eigenvalue weighted by molar-refractivity contribution is 6.30. The molecule has 6 heteroatoms. The predicted octanol–water partition coefficient (Wildman–Crippen LogP) is 3.11. The molecule has 3 nitrogen and oxygen atoms in total. The molecule has 1 aromatic carbocycles. The van der Waals surface area contributed by atoms with E-state index in [1.165, 1.54) is 12.1 Å². The van der Waals surface area contributed by atoms with Gasteiger partial charge in [-0.1, -0.05) is 17.7 Å². The molecule has 0 amide bonds. The predicted molar refractivity (Wildman–Crippen MR) is 67.5 cm³/mol. The van der Waals surface area contributed by atoms with Gasteiger partial charge in [0.05, 0.1) is 11.8 Å². The van der Waals surface area contributed by atoms with Crippen molar-refractivity contribution in [2.24, 2.45) is 5.73 Å². The van der Waals surface area contributed by atoms with Gasteiger partial charge in [-0.05, 0) is 36.1 Å². The lowest BCUT2D eigenvalue weighted by molar-refractivity contribution is -0.137. The molecule has 1 aliphatic carbocycles. The number of hydrogen-bond acceptors (Lipinski definition) is 2. The maximum Gasteiger partial charge on any atom is 0.305 e. The molecular formula is C13H14ClF2NO2. The summed E-state index contributed by atoms with van der Waals surface area (Å²) in [5.41, 5.74) is 5.56. The van der Waals surface area contributed by atoms with Gasteiger partial charge >= 0.3 is 5.97 Å². The van der Waals surface area contributed by atoms with Crippen molar-refractivity contribution in [1.29, 1.82) is 0 Å². The molecule has 1 fully saturated rings.